The monoisotopic (exact) mass is 282 g/mol. The van der Waals surface area contributed by atoms with E-state index in [0.717, 1.165) is 5.52 Å². The predicted octanol–water partition coefficient (Wildman–Crippen LogP) is 2.49. The van der Waals surface area contributed by atoms with Crippen molar-refractivity contribution in [3.8, 4) is 0 Å². The summed E-state index contributed by atoms with van der Waals surface area (Å²) in [6, 6.07) is 11.0. The van der Waals surface area contributed by atoms with Gasteiger partial charge in [0, 0.05) is 24.1 Å². The zero-order valence-corrected chi connectivity index (χ0v) is 10.8. The van der Waals surface area contributed by atoms with Gasteiger partial charge >= 0.3 is 0 Å². The maximum atomic E-state index is 12.2. The first-order valence-corrected chi connectivity index (χ1v) is 6.13. The quantitative estimate of drug-likeness (QED) is 0.590. The van der Waals surface area contributed by atoms with Crippen LogP contribution in [-0.2, 0) is 0 Å². The Hall–Kier alpha value is -3.22. The number of hydrogen-bond donors (Lipinski definition) is 1. The van der Waals surface area contributed by atoms with Crippen LogP contribution in [0.2, 0.25) is 0 Å². The van der Waals surface area contributed by atoms with Crippen molar-refractivity contribution in [1.29, 1.82) is 0 Å². The van der Waals surface area contributed by atoms with Gasteiger partial charge < -0.3 is 5.32 Å². The van der Waals surface area contributed by atoms with Crippen molar-refractivity contribution in [2.24, 2.45) is 0 Å². The van der Waals surface area contributed by atoms with Gasteiger partial charge in [0.25, 0.3) is 11.6 Å². The van der Waals surface area contributed by atoms with Gasteiger partial charge in [-0.15, -0.1) is 0 Å². The first-order chi connectivity index (χ1) is 10.1. The fraction of sp³-hybridized carbons (Fsp3) is 0. The van der Waals surface area contributed by atoms with Crippen LogP contribution in [0.1, 0.15) is 10.4 Å². The smallest absolute Gasteiger partial charge is 0.282 e. The van der Waals surface area contributed by atoms with Crippen LogP contribution >= 0.6 is 0 Å². The number of carbonyl (C=O) groups excluding carboxylic acids is 1. The molecule has 3 aromatic rings. The summed E-state index contributed by atoms with van der Waals surface area (Å²) in [7, 11) is 0. The summed E-state index contributed by atoms with van der Waals surface area (Å²) in [5.74, 6) is -0.522. The summed E-state index contributed by atoms with van der Waals surface area (Å²) in [6.07, 6.45) is 3.34. The van der Waals surface area contributed by atoms with E-state index in [0.29, 0.717) is 5.69 Å². The van der Waals surface area contributed by atoms with Crippen molar-refractivity contribution in [3.63, 3.8) is 0 Å². The Morgan fingerprint density at radius 1 is 1.24 bits per heavy atom. The van der Waals surface area contributed by atoms with Crippen LogP contribution in [0.5, 0.6) is 0 Å². The number of amides is 1. The lowest BCUT2D eigenvalue weighted by atomic mass is 10.1. The van der Waals surface area contributed by atoms with Crippen LogP contribution in [0.4, 0.5) is 11.4 Å². The molecule has 0 unspecified atom stereocenters. The molecule has 3 rings (SSSR count). The molecule has 7 nitrogen and oxygen atoms in total. The van der Waals surface area contributed by atoms with Gasteiger partial charge in [-0.2, -0.15) is 5.10 Å². The maximum absolute atomic E-state index is 12.2. The van der Waals surface area contributed by atoms with E-state index in [-0.39, 0.29) is 11.3 Å². The molecule has 1 amide bonds. The second kappa shape index (κ2) is 5.04. The Balaban J connectivity index is 1.91. The van der Waals surface area contributed by atoms with Gasteiger partial charge in [-0.05, 0) is 24.3 Å². The lowest BCUT2D eigenvalue weighted by molar-refractivity contribution is -0.385. The number of nitro benzene ring substituents is 1. The molecule has 0 aliphatic carbocycles. The van der Waals surface area contributed by atoms with Crippen molar-refractivity contribution in [2.75, 3.05) is 5.32 Å². The fourth-order valence-electron chi connectivity index (χ4n) is 2.02. The number of nitro groups is 1. The Labute approximate surface area is 119 Å². The molecule has 0 fully saturated rings. The van der Waals surface area contributed by atoms with Crippen LogP contribution < -0.4 is 5.32 Å². The Kier molecular flexibility index (Phi) is 3.07. The van der Waals surface area contributed by atoms with Crippen molar-refractivity contribution in [3.05, 3.63) is 70.5 Å². The van der Waals surface area contributed by atoms with E-state index in [1.165, 1.54) is 18.2 Å². The molecule has 0 atom stereocenters. The summed E-state index contributed by atoms with van der Waals surface area (Å²) in [6.45, 7) is 0. The molecule has 7 heteroatoms. The number of nitrogens with one attached hydrogen (secondary N) is 1. The molecule has 0 spiro atoms. The highest BCUT2D eigenvalue weighted by Gasteiger charge is 2.19. The van der Waals surface area contributed by atoms with Gasteiger partial charge in [-0.1, -0.05) is 12.1 Å². The van der Waals surface area contributed by atoms with Crippen LogP contribution in [0, 0.1) is 10.1 Å². The Morgan fingerprint density at radius 2 is 2.05 bits per heavy atom. The number of para-hydroxylation sites is 1. The lowest BCUT2D eigenvalue weighted by Gasteiger charge is -2.06. The highest BCUT2D eigenvalue weighted by atomic mass is 16.6. The first-order valence-electron chi connectivity index (χ1n) is 6.13. The summed E-state index contributed by atoms with van der Waals surface area (Å²) in [5, 5.41) is 17.6. The molecule has 0 aliphatic heterocycles. The number of rotatable bonds is 3. The average molecular weight is 282 g/mol. The van der Waals surface area contributed by atoms with Gasteiger partial charge in [-0.3, -0.25) is 14.9 Å². The van der Waals surface area contributed by atoms with Gasteiger partial charge in [0.1, 0.15) is 5.56 Å². The molecule has 2 heterocycles. The minimum absolute atomic E-state index is 0.0240. The minimum atomic E-state index is -0.574. The predicted molar refractivity (Wildman–Crippen MR) is 76.2 cm³/mol. The van der Waals surface area contributed by atoms with E-state index in [2.05, 4.69) is 10.4 Å². The van der Waals surface area contributed by atoms with Crippen LogP contribution in [0.15, 0.2) is 54.9 Å². The van der Waals surface area contributed by atoms with Crippen molar-refractivity contribution >= 4 is 22.8 Å². The van der Waals surface area contributed by atoms with Crippen LogP contribution in [0.25, 0.3) is 5.52 Å². The van der Waals surface area contributed by atoms with E-state index in [1.807, 2.05) is 0 Å². The molecule has 0 saturated carbocycles. The van der Waals surface area contributed by atoms with E-state index in [4.69, 9.17) is 0 Å². The zero-order valence-electron chi connectivity index (χ0n) is 10.8. The van der Waals surface area contributed by atoms with Gasteiger partial charge in [0.15, 0.2) is 0 Å². The van der Waals surface area contributed by atoms with Crippen LogP contribution in [-0.4, -0.2) is 20.4 Å². The van der Waals surface area contributed by atoms with Gasteiger partial charge in [-0.25, -0.2) is 4.52 Å². The first kappa shape index (κ1) is 12.8. The second-order valence-corrected chi connectivity index (χ2v) is 4.34. The number of fused-ring (bicyclic) bond motifs is 1. The number of nitrogens with zero attached hydrogens (tertiary/aromatic N) is 3. The van der Waals surface area contributed by atoms with Crippen molar-refractivity contribution < 1.29 is 9.72 Å². The highest BCUT2D eigenvalue weighted by molar-refractivity contribution is 6.07. The average Bonchev–Trinajstić information content (AvgIpc) is 2.94. The number of carbonyl (C=O) groups is 1. The topological polar surface area (TPSA) is 89.5 Å². The van der Waals surface area contributed by atoms with Gasteiger partial charge in [0.2, 0.25) is 0 Å². The third kappa shape index (κ3) is 2.44. The standard InChI is InChI=1S/C14H10N4O3/c19-14(12-3-1-2-4-13(12)18(20)21)16-10-6-8-17-11(9-10)5-7-15-17/h1-9H,(H,16,19). The molecule has 0 bridgehead atoms. The molecule has 1 aromatic carbocycles. The molecule has 0 saturated heterocycles. The third-order valence-corrected chi connectivity index (χ3v) is 3.00. The van der Waals surface area contributed by atoms with Gasteiger partial charge in [0.05, 0.1) is 10.4 Å². The molecular formula is C14H10N4O3. The third-order valence-electron chi connectivity index (χ3n) is 3.00. The second-order valence-electron chi connectivity index (χ2n) is 4.34. The summed E-state index contributed by atoms with van der Waals surface area (Å²) < 4.78 is 1.65. The van der Waals surface area contributed by atoms with Crippen LogP contribution in [0.3, 0.4) is 0 Å². The molecule has 2 aromatic heterocycles. The number of pyridine rings is 1. The van der Waals surface area contributed by atoms with E-state index < -0.39 is 10.8 Å². The highest BCUT2D eigenvalue weighted by Crippen LogP contribution is 2.20. The van der Waals surface area contributed by atoms with Crippen molar-refractivity contribution in [2.45, 2.75) is 0 Å². The molecule has 21 heavy (non-hydrogen) atoms. The number of benzene rings is 1. The number of hydrogen-bond acceptors (Lipinski definition) is 4. The largest absolute Gasteiger partial charge is 0.322 e. The van der Waals surface area contributed by atoms with E-state index >= 15 is 0 Å². The normalized spacial score (nSPS) is 10.5. The Morgan fingerprint density at radius 3 is 2.86 bits per heavy atom. The summed E-state index contributed by atoms with van der Waals surface area (Å²) >= 11 is 0. The molecule has 1 N–H and O–H groups in total. The summed E-state index contributed by atoms with van der Waals surface area (Å²) in [5.41, 5.74) is 1.16. The molecule has 0 radical (unpaired) electrons. The zero-order chi connectivity index (χ0) is 14.8. The molecule has 104 valence electrons. The molecule has 0 aliphatic rings. The van der Waals surface area contributed by atoms with E-state index in [9.17, 15) is 14.9 Å². The minimum Gasteiger partial charge on any atom is -0.322 e. The van der Waals surface area contributed by atoms with E-state index in [1.54, 1.807) is 41.2 Å². The molecular weight excluding hydrogens is 272 g/mol. The fourth-order valence-corrected chi connectivity index (χ4v) is 2.02. The summed E-state index contributed by atoms with van der Waals surface area (Å²) in [4.78, 5) is 22.5. The lowest BCUT2D eigenvalue weighted by Crippen LogP contribution is -2.14. The van der Waals surface area contributed by atoms with Crippen molar-refractivity contribution in [1.82, 2.24) is 9.61 Å². The number of aromatic nitrogens is 2. The SMILES string of the molecule is O=C(Nc1ccn2nccc2c1)c1ccccc1[N+](=O)[O-]. The maximum Gasteiger partial charge on any atom is 0.282 e. The Bertz CT molecular complexity index is 841. The number of anilines is 1.